The molecule has 0 rings (SSSR count). The van der Waals surface area contributed by atoms with Crippen LogP contribution < -0.4 is 5.32 Å². The van der Waals surface area contributed by atoms with Gasteiger partial charge in [-0.2, -0.15) is 0 Å². The molecule has 0 saturated carbocycles. The van der Waals surface area contributed by atoms with Crippen molar-refractivity contribution >= 4 is 0 Å². The second kappa shape index (κ2) is 8.25. The molecule has 0 aliphatic carbocycles. The van der Waals surface area contributed by atoms with E-state index in [0.29, 0.717) is 12.1 Å². The Morgan fingerprint density at radius 2 is 1.71 bits per heavy atom. The van der Waals surface area contributed by atoms with E-state index in [1.807, 2.05) is 7.05 Å². The molecular formula is C12H27NO. The Kier molecular flexibility index (Phi) is 8.20. The molecule has 0 aromatic heterocycles. The summed E-state index contributed by atoms with van der Waals surface area (Å²) in [5, 5.41) is 3.31. The molecule has 1 atom stereocenters. The summed E-state index contributed by atoms with van der Waals surface area (Å²) in [5.41, 5.74) is 0. The van der Waals surface area contributed by atoms with Gasteiger partial charge in [0.15, 0.2) is 0 Å². The van der Waals surface area contributed by atoms with Crippen molar-refractivity contribution in [3.05, 3.63) is 0 Å². The van der Waals surface area contributed by atoms with Crippen LogP contribution >= 0.6 is 0 Å². The van der Waals surface area contributed by atoms with Gasteiger partial charge in [0.1, 0.15) is 0 Å². The summed E-state index contributed by atoms with van der Waals surface area (Å²) in [6, 6.07) is 0.524. The van der Waals surface area contributed by atoms with Crippen molar-refractivity contribution in [2.45, 2.75) is 59.1 Å². The Morgan fingerprint density at radius 1 is 1.07 bits per heavy atom. The minimum absolute atomic E-state index is 0.343. The van der Waals surface area contributed by atoms with Gasteiger partial charge in [0.2, 0.25) is 0 Å². The molecule has 1 N–H and O–H groups in total. The Hall–Kier alpha value is -0.0800. The maximum atomic E-state index is 5.59. The molecule has 0 amide bonds. The fourth-order valence-electron chi connectivity index (χ4n) is 1.39. The summed E-state index contributed by atoms with van der Waals surface area (Å²) in [7, 11) is 2.02. The molecule has 0 spiro atoms. The lowest BCUT2D eigenvalue weighted by atomic mass is 10.0. The molecule has 0 aliphatic heterocycles. The average molecular weight is 201 g/mol. The van der Waals surface area contributed by atoms with Crippen molar-refractivity contribution in [1.29, 1.82) is 0 Å². The maximum Gasteiger partial charge on any atom is 0.0622 e. The van der Waals surface area contributed by atoms with Gasteiger partial charge < -0.3 is 10.1 Å². The number of ether oxygens (including phenoxy) is 1. The summed E-state index contributed by atoms with van der Waals surface area (Å²) in [5.74, 6) is 0.818. The Bertz CT molecular complexity index is 123. The van der Waals surface area contributed by atoms with Gasteiger partial charge in [-0.25, -0.2) is 0 Å². The van der Waals surface area contributed by atoms with Crippen molar-refractivity contribution in [2.24, 2.45) is 5.92 Å². The van der Waals surface area contributed by atoms with Crippen LogP contribution in [0.3, 0.4) is 0 Å². The lowest BCUT2D eigenvalue weighted by Gasteiger charge is -2.18. The first-order valence-electron chi connectivity index (χ1n) is 5.85. The van der Waals surface area contributed by atoms with Crippen LogP contribution in [0, 0.1) is 5.92 Å². The van der Waals surface area contributed by atoms with E-state index >= 15 is 0 Å². The second-order valence-electron chi connectivity index (χ2n) is 4.69. The number of likely N-dealkylation sites (N-methyl/N-ethyl adjacent to an activating group) is 1. The quantitative estimate of drug-likeness (QED) is 0.652. The molecule has 1 unspecified atom stereocenters. The lowest BCUT2D eigenvalue weighted by molar-refractivity contribution is 0.0604. The van der Waals surface area contributed by atoms with Crippen molar-refractivity contribution < 1.29 is 4.74 Å². The fraction of sp³-hybridized carbons (Fsp3) is 1.00. The predicted octanol–water partition coefficient (Wildman–Crippen LogP) is 2.83. The Balaban J connectivity index is 3.48. The third kappa shape index (κ3) is 8.52. The van der Waals surface area contributed by atoms with E-state index in [2.05, 4.69) is 33.0 Å². The molecule has 0 aliphatic rings. The summed E-state index contributed by atoms with van der Waals surface area (Å²) >= 11 is 0. The topological polar surface area (TPSA) is 21.3 Å². The first-order valence-corrected chi connectivity index (χ1v) is 5.85. The highest BCUT2D eigenvalue weighted by Gasteiger charge is 2.07. The normalized spacial score (nSPS) is 13.9. The fourth-order valence-corrected chi connectivity index (χ4v) is 1.39. The van der Waals surface area contributed by atoms with Crippen LogP contribution in [0.4, 0.5) is 0 Å². The SMILES string of the molecule is CNC(CCCC(C)C)COC(C)C. The van der Waals surface area contributed by atoms with E-state index in [1.54, 1.807) is 0 Å². The molecule has 0 bridgehead atoms. The molecular weight excluding hydrogens is 174 g/mol. The molecule has 2 heteroatoms. The molecule has 0 aromatic rings. The van der Waals surface area contributed by atoms with E-state index in [1.165, 1.54) is 19.3 Å². The number of nitrogens with one attached hydrogen (secondary N) is 1. The van der Waals surface area contributed by atoms with Gasteiger partial charge in [-0.1, -0.05) is 26.7 Å². The largest absolute Gasteiger partial charge is 0.377 e. The van der Waals surface area contributed by atoms with Crippen LogP contribution in [0.15, 0.2) is 0 Å². The zero-order valence-electron chi connectivity index (χ0n) is 10.5. The van der Waals surface area contributed by atoms with Gasteiger partial charge in [-0.05, 0) is 33.2 Å². The van der Waals surface area contributed by atoms with E-state index in [-0.39, 0.29) is 0 Å². The van der Waals surface area contributed by atoms with E-state index in [4.69, 9.17) is 4.74 Å². The van der Waals surface area contributed by atoms with Crippen LogP contribution in [0.2, 0.25) is 0 Å². The first-order chi connectivity index (χ1) is 6.56. The zero-order chi connectivity index (χ0) is 11.0. The monoisotopic (exact) mass is 201 g/mol. The third-order valence-electron chi connectivity index (χ3n) is 2.37. The van der Waals surface area contributed by atoms with E-state index in [0.717, 1.165) is 12.5 Å². The van der Waals surface area contributed by atoms with E-state index in [9.17, 15) is 0 Å². The van der Waals surface area contributed by atoms with Crippen LogP contribution in [-0.2, 0) is 4.74 Å². The number of hydrogen-bond donors (Lipinski definition) is 1. The summed E-state index contributed by atoms with van der Waals surface area (Å²) < 4.78 is 5.59. The molecule has 0 aromatic carbocycles. The van der Waals surface area contributed by atoms with Gasteiger partial charge in [-0.3, -0.25) is 0 Å². The summed E-state index contributed by atoms with van der Waals surface area (Å²) in [4.78, 5) is 0. The standard InChI is InChI=1S/C12H27NO/c1-10(2)7-6-8-12(13-5)9-14-11(3)4/h10-13H,6-9H2,1-5H3. The Morgan fingerprint density at radius 3 is 2.14 bits per heavy atom. The summed E-state index contributed by atoms with van der Waals surface area (Å²) in [6.07, 6.45) is 4.18. The smallest absolute Gasteiger partial charge is 0.0622 e. The number of hydrogen-bond acceptors (Lipinski definition) is 2. The Labute approximate surface area is 89.4 Å². The van der Waals surface area contributed by atoms with Gasteiger partial charge in [-0.15, -0.1) is 0 Å². The molecule has 14 heavy (non-hydrogen) atoms. The van der Waals surface area contributed by atoms with Crippen molar-refractivity contribution in [3.8, 4) is 0 Å². The van der Waals surface area contributed by atoms with Crippen LogP contribution in [-0.4, -0.2) is 25.8 Å². The van der Waals surface area contributed by atoms with Gasteiger partial charge >= 0.3 is 0 Å². The molecule has 0 heterocycles. The highest BCUT2D eigenvalue weighted by Crippen LogP contribution is 2.08. The summed E-state index contributed by atoms with van der Waals surface area (Å²) in [6.45, 7) is 9.56. The zero-order valence-corrected chi connectivity index (χ0v) is 10.5. The van der Waals surface area contributed by atoms with E-state index < -0.39 is 0 Å². The highest BCUT2D eigenvalue weighted by atomic mass is 16.5. The average Bonchev–Trinajstić information content (AvgIpc) is 2.10. The molecule has 0 saturated heterocycles. The second-order valence-corrected chi connectivity index (χ2v) is 4.69. The van der Waals surface area contributed by atoms with Crippen LogP contribution in [0.1, 0.15) is 47.0 Å². The minimum Gasteiger partial charge on any atom is -0.377 e. The van der Waals surface area contributed by atoms with Crippen molar-refractivity contribution in [2.75, 3.05) is 13.7 Å². The molecule has 0 fully saturated rings. The van der Waals surface area contributed by atoms with Crippen LogP contribution in [0.5, 0.6) is 0 Å². The van der Waals surface area contributed by atoms with Crippen molar-refractivity contribution in [1.82, 2.24) is 5.32 Å². The van der Waals surface area contributed by atoms with Gasteiger partial charge in [0.25, 0.3) is 0 Å². The third-order valence-corrected chi connectivity index (χ3v) is 2.37. The molecule has 0 radical (unpaired) electrons. The van der Waals surface area contributed by atoms with Crippen LogP contribution in [0.25, 0.3) is 0 Å². The van der Waals surface area contributed by atoms with Gasteiger partial charge in [0.05, 0.1) is 12.7 Å². The minimum atomic E-state index is 0.343. The molecule has 86 valence electrons. The van der Waals surface area contributed by atoms with Crippen molar-refractivity contribution in [3.63, 3.8) is 0 Å². The number of rotatable bonds is 8. The maximum absolute atomic E-state index is 5.59. The highest BCUT2D eigenvalue weighted by molar-refractivity contribution is 4.64. The molecule has 2 nitrogen and oxygen atoms in total. The first kappa shape index (κ1) is 13.9. The van der Waals surface area contributed by atoms with Gasteiger partial charge in [0, 0.05) is 6.04 Å². The lowest BCUT2D eigenvalue weighted by Crippen LogP contribution is -2.31. The predicted molar refractivity (Wildman–Crippen MR) is 62.6 cm³/mol.